The van der Waals surface area contributed by atoms with Gasteiger partial charge in [0.15, 0.2) is 11.8 Å². The fourth-order valence-corrected chi connectivity index (χ4v) is 3.22. The van der Waals surface area contributed by atoms with Gasteiger partial charge in [0.2, 0.25) is 5.89 Å². The quantitative estimate of drug-likeness (QED) is 0.405. The van der Waals surface area contributed by atoms with Crippen LogP contribution in [0.25, 0.3) is 0 Å². The number of hydrogen-bond donors (Lipinski definition) is 1. The maximum absolute atomic E-state index is 5.34. The van der Waals surface area contributed by atoms with Gasteiger partial charge in [-0.2, -0.15) is 10.1 Å². The van der Waals surface area contributed by atoms with Gasteiger partial charge in [-0.15, -0.1) is 24.0 Å². The zero-order valence-corrected chi connectivity index (χ0v) is 19.1. The van der Waals surface area contributed by atoms with Gasteiger partial charge >= 0.3 is 0 Å². The summed E-state index contributed by atoms with van der Waals surface area (Å²) in [6, 6.07) is 0. The molecule has 1 atom stereocenters. The van der Waals surface area contributed by atoms with Crippen molar-refractivity contribution in [3.63, 3.8) is 0 Å². The van der Waals surface area contributed by atoms with E-state index in [0.717, 1.165) is 31.9 Å². The summed E-state index contributed by atoms with van der Waals surface area (Å²) in [5, 5.41) is 11.7. The largest absolute Gasteiger partial charge is 0.349 e. The van der Waals surface area contributed by atoms with Crippen LogP contribution in [0.5, 0.6) is 0 Å². The minimum Gasteiger partial charge on any atom is -0.349 e. The summed E-state index contributed by atoms with van der Waals surface area (Å²) >= 11 is 0. The molecular weight excluding hydrogens is 457 g/mol. The van der Waals surface area contributed by atoms with Gasteiger partial charge in [0.1, 0.15) is 0 Å². The van der Waals surface area contributed by atoms with Crippen LogP contribution in [0.1, 0.15) is 44.5 Å². The van der Waals surface area contributed by atoms with Crippen LogP contribution in [0, 0.1) is 5.92 Å². The smallest absolute Gasteiger partial charge is 0.232 e. The molecule has 0 saturated carbocycles. The second kappa shape index (κ2) is 9.03. The third kappa shape index (κ3) is 5.66. The number of aromatic nitrogens is 4. The summed E-state index contributed by atoms with van der Waals surface area (Å²) in [4.78, 5) is 11.2. The Morgan fingerprint density at radius 2 is 2.19 bits per heavy atom. The van der Waals surface area contributed by atoms with Crippen LogP contribution in [0.3, 0.4) is 0 Å². The second-order valence-electron chi connectivity index (χ2n) is 7.99. The molecule has 8 nitrogen and oxygen atoms in total. The molecule has 1 aliphatic rings. The maximum atomic E-state index is 5.34. The Kier molecular flexibility index (Phi) is 7.24. The lowest BCUT2D eigenvalue weighted by Gasteiger charge is -2.21. The maximum Gasteiger partial charge on any atom is 0.232 e. The van der Waals surface area contributed by atoms with Crippen LogP contribution in [-0.4, -0.2) is 50.9 Å². The van der Waals surface area contributed by atoms with Crippen molar-refractivity contribution in [3.8, 4) is 0 Å². The van der Waals surface area contributed by atoms with Crippen LogP contribution < -0.4 is 5.32 Å². The van der Waals surface area contributed by atoms with E-state index in [9.17, 15) is 0 Å². The molecule has 2 aromatic rings. The van der Waals surface area contributed by atoms with E-state index in [-0.39, 0.29) is 29.4 Å². The molecule has 1 unspecified atom stereocenters. The number of halogens is 1. The van der Waals surface area contributed by atoms with Gasteiger partial charge in [-0.05, 0) is 24.3 Å². The molecule has 3 heterocycles. The molecule has 0 amide bonds. The molecule has 0 spiro atoms. The molecule has 3 rings (SSSR count). The van der Waals surface area contributed by atoms with Crippen molar-refractivity contribution < 1.29 is 4.52 Å². The zero-order valence-electron chi connectivity index (χ0n) is 16.8. The van der Waals surface area contributed by atoms with Gasteiger partial charge in [-0.25, -0.2) is 0 Å². The fourth-order valence-electron chi connectivity index (χ4n) is 3.22. The monoisotopic (exact) mass is 487 g/mol. The van der Waals surface area contributed by atoms with Crippen molar-refractivity contribution in [3.05, 3.63) is 29.7 Å². The molecule has 1 saturated heterocycles. The van der Waals surface area contributed by atoms with Crippen molar-refractivity contribution in [2.24, 2.45) is 18.0 Å². The number of hydrogen-bond acceptors (Lipinski definition) is 5. The van der Waals surface area contributed by atoms with Gasteiger partial charge in [0.05, 0.1) is 12.7 Å². The van der Waals surface area contributed by atoms with Gasteiger partial charge < -0.3 is 14.7 Å². The predicted octanol–water partition coefficient (Wildman–Crippen LogP) is 2.36. The number of nitrogens with one attached hydrogen (secondary N) is 1. The summed E-state index contributed by atoms with van der Waals surface area (Å²) in [6.45, 7) is 8.68. The van der Waals surface area contributed by atoms with Crippen LogP contribution in [0.15, 0.2) is 21.9 Å². The molecule has 0 bridgehead atoms. The van der Waals surface area contributed by atoms with Crippen molar-refractivity contribution in [1.29, 1.82) is 0 Å². The van der Waals surface area contributed by atoms with E-state index in [2.05, 4.69) is 57.4 Å². The zero-order chi connectivity index (χ0) is 18.7. The minimum absolute atomic E-state index is 0. The highest BCUT2D eigenvalue weighted by Crippen LogP contribution is 2.21. The Bertz CT molecular complexity index is 762. The highest BCUT2D eigenvalue weighted by molar-refractivity contribution is 14.0. The van der Waals surface area contributed by atoms with E-state index in [1.165, 1.54) is 5.56 Å². The first-order chi connectivity index (χ1) is 12.3. The molecular formula is C18H30IN7O. The lowest BCUT2D eigenvalue weighted by Crippen LogP contribution is -2.40. The van der Waals surface area contributed by atoms with Crippen LogP contribution in [0.4, 0.5) is 0 Å². The second-order valence-corrected chi connectivity index (χ2v) is 7.99. The third-order valence-corrected chi connectivity index (χ3v) is 4.59. The predicted molar refractivity (Wildman–Crippen MR) is 115 cm³/mol. The van der Waals surface area contributed by atoms with Crippen LogP contribution in [-0.2, 0) is 25.4 Å². The van der Waals surface area contributed by atoms with E-state index in [4.69, 9.17) is 4.52 Å². The first kappa shape index (κ1) is 21.6. The highest BCUT2D eigenvalue weighted by Gasteiger charge is 2.26. The average Bonchev–Trinajstić information content (AvgIpc) is 3.29. The topological polar surface area (TPSA) is 84.4 Å². The molecule has 0 radical (unpaired) electrons. The molecule has 1 aliphatic heterocycles. The number of nitrogens with zero attached hydrogens (tertiary/aromatic N) is 6. The first-order valence-electron chi connectivity index (χ1n) is 9.11. The van der Waals surface area contributed by atoms with Gasteiger partial charge in [-0.1, -0.05) is 25.9 Å². The molecule has 150 valence electrons. The number of rotatable bonds is 4. The number of aryl methyl sites for hydroxylation is 1. The number of likely N-dealkylation sites (tertiary alicyclic amines) is 1. The Morgan fingerprint density at radius 3 is 2.78 bits per heavy atom. The van der Waals surface area contributed by atoms with Gasteiger partial charge in [-0.3, -0.25) is 9.67 Å². The molecule has 2 aromatic heterocycles. The number of guanidine groups is 1. The highest BCUT2D eigenvalue weighted by atomic mass is 127. The molecule has 9 heteroatoms. The Balaban J connectivity index is 0.00000261. The van der Waals surface area contributed by atoms with Crippen molar-refractivity contribution in [2.45, 2.75) is 45.6 Å². The molecule has 27 heavy (non-hydrogen) atoms. The Hall–Kier alpha value is -1.65. The lowest BCUT2D eigenvalue weighted by molar-refractivity contribution is 0.318. The van der Waals surface area contributed by atoms with Gasteiger partial charge in [0.25, 0.3) is 0 Å². The standard InChI is InChI=1S/C18H29N7O.HI/c1-18(2,3)16-22-15(23-26-16)10-20-17(19-4)25-7-6-13(12-25)8-14-9-21-24(5)11-14;/h9,11,13H,6-8,10,12H2,1-5H3,(H,19,20);1H. The third-order valence-electron chi connectivity index (χ3n) is 4.59. The fraction of sp³-hybridized carbons (Fsp3) is 0.667. The molecule has 1 fully saturated rings. The summed E-state index contributed by atoms with van der Waals surface area (Å²) in [5.74, 6) is 2.82. The van der Waals surface area contributed by atoms with E-state index >= 15 is 0 Å². The summed E-state index contributed by atoms with van der Waals surface area (Å²) < 4.78 is 7.20. The SMILES string of the molecule is CN=C(NCc1noc(C(C)(C)C)n1)N1CCC(Cc2cnn(C)c2)C1.I. The van der Waals surface area contributed by atoms with Crippen LogP contribution >= 0.6 is 24.0 Å². The molecule has 0 aromatic carbocycles. The first-order valence-corrected chi connectivity index (χ1v) is 9.11. The lowest BCUT2D eigenvalue weighted by atomic mass is 9.97. The number of aliphatic imine (C=N–C) groups is 1. The molecule has 1 N–H and O–H groups in total. The summed E-state index contributed by atoms with van der Waals surface area (Å²) in [7, 11) is 3.77. The Labute approximate surface area is 177 Å². The Morgan fingerprint density at radius 1 is 1.41 bits per heavy atom. The van der Waals surface area contributed by atoms with Crippen LogP contribution in [0.2, 0.25) is 0 Å². The van der Waals surface area contributed by atoms with E-state index < -0.39 is 0 Å². The normalized spacial score (nSPS) is 17.9. The van der Waals surface area contributed by atoms with E-state index in [1.807, 2.05) is 25.0 Å². The van der Waals surface area contributed by atoms with Crippen molar-refractivity contribution in [2.75, 3.05) is 20.1 Å². The van der Waals surface area contributed by atoms with Crippen molar-refractivity contribution >= 4 is 29.9 Å². The minimum atomic E-state index is -0.138. The van der Waals surface area contributed by atoms with E-state index in [0.29, 0.717) is 24.2 Å². The average molecular weight is 487 g/mol. The summed E-state index contributed by atoms with van der Waals surface area (Å²) in [5.41, 5.74) is 1.16. The van der Waals surface area contributed by atoms with Crippen molar-refractivity contribution in [1.82, 2.24) is 30.1 Å². The molecule has 0 aliphatic carbocycles. The van der Waals surface area contributed by atoms with Gasteiger partial charge in [0, 0.05) is 38.8 Å². The van der Waals surface area contributed by atoms with E-state index in [1.54, 1.807) is 0 Å². The summed E-state index contributed by atoms with van der Waals surface area (Å²) in [6.07, 6.45) is 6.27.